The molecule has 0 amide bonds. The smallest absolute Gasteiger partial charge is 0.250 e. The van der Waals surface area contributed by atoms with E-state index in [9.17, 15) is 0 Å². The molecule has 0 aliphatic carbocycles. The predicted molar refractivity (Wildman–Crippen MR) is 103 cm³/mol. The third kappa shape index (κ3) is 3.26. The molecule has 0 saturated carbocycles. The van der Waals surface area contributed by atoms with Crippen LogP contribution in [0.1, 0.15) is 30.2 Å². The van der Waals surface area contributed by atoms with E-state index in [1.54, 1.807) is 12.5 Å². The minimum absolute atomic E-state index is 0.335. The van der Waals surface area contributed by atoms with Gasteiger partial charge in [0.1, 0.15) is 6.26 Å². The summed E-state index contributed by atoms with van der Waals surface area (Å²) in [4.78, 5) is 2.52. The van der Waals surface area contributed by atoms with Crippen LogP contribution < -0.4 is 0 Å². The Bertz CT molecular complexity index is 1030. The molecule has 0 bridgehead atoms. The van der Waals surface area contributed by atoms with Crippen molar-refractivity contribution in [1.29, 1.82) is 0 Å². The van der Waals surface area contributed by atoms with E-state index in [0.29, 0.717) is 11.8 Å². The third-order valence-corrected chi connectivity index (χ3v) is 5.42. The summed E-state index contributed by atoms with van der Waals surface area (Å²) in [6, 6.07) is 17.0. The number of fused-ring (bicyclic) bond motifs is 1. The normalized spacial score (nSPS) is 16.1. The molecule has 1 aliphatic rings. The second-order valence-electron chi connectivity index (χ2n) is 7.15. The number of benzene rings is 2. The molecule has 5 rings (SSSR count). The fraction of sp³-hybridized carbons (Fsp3) is 0.273. The molecule has 2 aromatic heterocycles. The molecule has 1 aliphatic heterocycles. The van der Waals surface area contributed by atoms with Crippen molar-refractivity contribution in [3.05, 3.63) is 72.5 Å². The largest absolute Gasteiger partial charge is 0.472 e. The minimum Gasteiger partial charge on any atom is -0.472 e. The maximum atomic E-state index is 5.88. The predicted octanol–water partition coefficient (Wildman–Crippen LogP) is 4.86. The van der Waals surface area contributed by atoms with Crippen molar-refractivity contribution in [3.63, 3.8) is 0 Å². The molecule has 0 radical (unpaired) electrons. The van der Waals surface area contributed by atoms with Gasteiger partial charge in [-0.3, -0.25) is 4.90 Å². The van der Waals surface area contributed by atoms with Crippen molar-refractivity contribution in [2.45, 2.75) is 25.3 Å². The fourth-order valence-electron chi connectivity index (χ4n) is 3.91. The number of nitrogens with zero attached hydrogens (tertiary/aromatic N) is 3. The molecule has 0 spiro atoms. The number of hydrogen-bond acceptors (Lipinski definition) is 5. The third-order valence-electron chi connectivity index (χ3n) is 5.42. The van der Waals surface area contributed by atoms with E-state index in [-0.39, 0.29) is 0 Å². The summed E-state index contributed by atoms with van der Waals surface area (Å²) in [6.07, 6.45) is 5.32. The molecule has 5 nitrogen and oxygen atoms in total. The van der Waals surface area contributed by atoms with E-state index < -0.39 is 0 Å². The van der Waals surface area contributed by atoms with Gasteiger partial charge < -0.3 is 8.83 Å². The molecule has 136 valence electrons. The maximum Gasteiger partial charge on any atom is 0.250 e. The average molecular weight is 359 g/mol. The Hall–Kier alpha value is -2.92. The van der Waals surface area contributed by atoms with Gasteiger partial charge in [-0.15, -0.1) is 10.2 Å². The molecule has 1 fully saturated rings. The lowest BCUT2D eigenvalue weighted by molar-refractivity contribution is 0.194. The van der Waals surface area contributed by atoms with Gasteiger partial charge in [0, 0.05) is 12.5 Å². The van der Waals surface area contributed by atoms with Crippen molar-refractivity contribution >= 4 is 10.8 Å². The Morgan fingerprint density at radius 1 is 0.963 bits per heavy atom. The van der Waals surface area contributed by atoms with Crippen LogP contribution in [0.15, 0.2) is 69.9 Å². The van der Waals surface area contributed by atoms with E-state index >= 15 is 0 Å². The standard InChI is InChI=1S/C22H21N3O2/c1-2-7-20-16(4-1)5-3-6-18(20)14-25-11-8-17(9-12-25)21-23-24-22(27-21)19-10-13-26-15-19/h1-7,10,13,15,17H,8-9,11-12,14H2. The summed E-state index contributed by atoms with van der Waals surface area (Å²) >= 11 is 0. The molecular formula is C22H21N3O2. The first-order valence-corrected chi connectivity index (χ1v) is 9.42. The van der Waals surface area contributed by atoms with Crippen molar-refractivity contribution in [2.75, 3.05) is 13.1 Å². The number of hydrogen-bond donors (Lipinski definition) is 0. The van der Waals surface area contributed by atoms with Gasteiger partial charge in [-0.1, -0.05) is 42.5 Å². The number of furan rings is 1. The van der Waals surface area contributed by atoms with Crippen LogP contribution in [0.3, 0.4) is 0 Å². The quantitative estimate of drug-likeness (QED) is 0.521. The van der Waals surface area contributed by atoms with Gasteiger partial charge in [0.05, 0.1) is 11.8 Å². The average Bonchev–Trinajstić information content (AvgIpc) is 3.41. The molecule has 0 unspecified atom stereocenters. The zero-order valence-electron chi connectivity index (χ0n) is 15.0. The lowest BCUT2D eigenvalue weighted by Crippen LogP contribution is -2.32. The minimum atomic E-state index is 0.335. The van der Waals surface area contributed by atoms with Gasteiger partial charge in [-0.2, -0.15) is 0 Å². The lowest BCUT2D eigenvalue weighted by atomic mass is 9.96. The summed E-state index contributed by atoms with van der Waals surface area (Å²) in [5, 5.41) is 11.1. The summed E-state index contributed by atoms with van der Waals surface area (Å²) in [7, 11) is 0. The van der Waals surface area contributed by atoms with Crippen LogP contribution in [-0.4, -0.2) is 28.2 Å². The molecule has 27 heavy (non-hydrogen) atoms. The monoisotopic (exact) mass is 359 g/mol. The van der Waals surface area contributed by atoms with E-state index in [0.717, 1.165) is 43.9 Å². The number of likely N-dealkylation sites (tertiary alicyclic amines) is 1. The number of rotatable bonds is 4. The highest BCUT2D eigenvalue weighted by molar-refractivity contribution is 5.85. The maximum absolute atomic E-state index is 5.88. The zero-order chi connectivity index (χ0) is 18.1. The van der Waals surface area contributed by atoms with Gasteiger partial charge >= 0.3 is 0 Å². The molecular weight excluding hydrogens is 338 g/mol. The lowest BCUT2D eigenvalue weighted by Gasteiger charge is -2.30. The molecule has 3 heterocycles. The Kier molecular flexibility index (Phi) is 4.22. The van der Waals surface area contributed by atoms with Gasteiger partial charge in [0.25, 0.3) is 5.89 Å². The van der Waals surface area contributed by atoms with E-state index in [1.165, 1.54) is 16.3 Å². The van der Waals surface area contributed by atoms with Gasteiger partial charge in [-0.05, 0) is 48.3 Å². The van der Waals surface area contributed by atoms with Crippen molar-refractivity contribution in [2.24, 2.45) is 0 Å². The Labute approximate surface area is 157 Å². The van der Waals surface area contributed by atoms with Crippen molar-refractivity contribution in [3.8, 4) is 11.5 Å². The molecule has 2 aromatic carbocycles. The Morgan fingerprint density at radius 2 is 1.81 bits per heavy atom. The number of aromatic nitrogens is 2. The van der Waals surface area contributed by atoms with Crippen molar-refractivity contribution < 1.29 is 8.83 Å². The van der Waals surface area contributed by atoms with Gasteiger partial charge in [0.15, 0.2) is 0 Å². The Morgan fingerprint density at radius 3 is 2.67 bits per heavy atom. The SMILES string of the molecule is c1ccc2c(CN3CCC(c4nnc(-c5ccoc5)o4)CC3)cccc2c1. The molecule has 1 saturated heterocycles. The number of piperidine rings is 1. The topological polar surface area (TPSA) is 55.3 Å². The molecule has 4 aromatic rings. The van der Waals surface area contributed by atoms with Crippen LogP contribution in [0.4, 0.5) is 0 Å². The molecule has 0 N–H and O–H groups in total. The highest BCUT2D eigenvalue weighted by Gasteiger charge is 2.25. The van der Waals surface area contributed by atoms with Crippen LogP contribution in [0, 0.1) is 0 Å². The first kappa shape index (κ1) is 16.3. The van der Waals surface area contributed by atoms with Crippen LogP contribution >= 0.6 is 0 Å². The van der Waals surface area contributed by atoms with Gasteiger partial charge in [-0.25, -0.2) is 0 Å². The zero-order valence-corrected chi connectivity index (χ0v) is 15.0. The van der Waals surface area contributed by atoms with Gasteiger partial charge in [0.2, 0.25) is 5.89 Å². The highest BCUT2D eigenvalue weighted by atomic mass is 16.4. The summed E-state index contributed by atoms with van der Waals surface area (Å²) in [6.45, 7) is 3.06. The fourth-order valence-corrected chi connectivity index (χ4v) is 3.91. The summed E-state index contributed by atoms with van der Waals surface area (Å²) in [5.74, 6) is 1.62. The van der Waals surface area contributed by atoms with Crippen molar-refractivity contribution in [1.82, 2.24) is 15.1 Å². The second-order valence-corrected chi connectivity index (χ2v) is 7.15. The highest BCUT2D eigenvalue weighted by Crippen LogP contribution is 2.30. The van der Waals surface area contributed by atoms with E-state index in [4.69, 9.17) is 8.83 Å². The van der Waals surface area contributed by atoms with Crippen LogP contribution in [0.25, 0.3) is 22.2 Å². The summed E-state index contributed by atoms with van der Waals surface area (Å²) in [5.41, 5.74) is 2.23. The van der Waals surface area contributed by atoms with Crippen LogP contribution in [0.5, 0.6) is 0 Å². The van der Waals surface area contributed by atoms with Crippen LogP contribution in [-0.2, 0) is 6.54 Å². The summed E-state index contributed by atoms with van der Waals surface area (Å²) < 4.78 is 11.0. The van der Waals surface area contributed by atoms with E-state index in [2.05, 4.69) is 57.6 Å². The second kappa shape index (κ2) is 7.00. The van der Waals surface area contributed by atoms with Crippen LogP contribution in [0.2, 0.25) is 0 Å². The Balaban J connectivity index is 1.25. The van der Waals surface area contributed by atoms with E-state index in [1.807, 2.05) is 6.07 Å². The first-order chi connectivity index (χ1) is 13.4. The molecule has 0 atom stereocenters. The molecule has 5 heteroatoms. The first-order valence-electron chi connectivity index (χ1n) is 9.42.